The minimum Gasteiger partial charge on any atom is -0.348 e. The van der Waals surface area contributed by atoms with Gasteiger partial charge in [0, 0.05) is 11.2 Å². The Bertz CT molecular complexity index is 1020. The zero-order chi connectivity index (χ0) is 18.3. The lowest BCUT2D eigenvalue weighted by Crippen LogP contribution is -2.34. The highest BCUT2D eigenvalue weighted by Gasteiger charge is 2.24. The van der Waals surface area contributed by atoms with Crippen molar-refractivity contribution in [1.29, 1.82) is 0 Å². The fourth-order valence-electron chi connectivity index (χ4n) is 3.05. The number of hydrogen-bond acceptors (Lipinski definition) is 3. The third-order valence-electron chi connectivity index (χ3n) is 4.69. The number of fused-ring (bicyclic) bond motifs is 1. The molecule has 1 aliphatic rings. The Hall–Kier alpha value is -2.60. The van der Waals surface area contributed by atoms with Gasteiger partial charge in [-0.1, -0.05) is 29.8 Å². The van der Waals surface area contributed by atoms with Crippen molar-refractivity contribution in [3.8, 4) is 0 Å². The molecule has 1 aromatic carbocycles. The largest absolute Gasteiger partial charge is 0.350 e. The molecule has 1 saturated carbocycles. The maximum absolute atomic E-state index is 12.5. The van der Waals surface area contributed by atoms with E-state index in [9.17, 15) is 9.59 Å². The maximum Gasteiger partial charge on any atom is 0.350 e. The number of benzene rings is 1. The number of pyridine rings is 1. The van der Waals surface area contributed by atoms with E-state index in [0.717, 1.165) is 11.1 Å². The second-order valence-corrected chi connectivity index (χ2v) is 7.18. The van der Waals surface area contributed by atoms with Crippen LogP contribution in [0.15, 0.2) is 47.4 Å². The lowest BCUT2D eigenvalue weighted by Gasteiger charge is -2.14. The van der Waals surface area contributed by atoms with E-state index in [-0.39, 0.29) is 24.2 Å². The zero-order valence-corrected chi connectivity index (χ0v) is 15.1. The van der Waals surface area contributed by atoms with Gasteiger partial charge in [0.15, 0.2) is 5.65 Å². The number of amides is 1. The Balaban J connectivity index is 1.49. The van der Waals surface area contributed by atoms with Crippen LogP contribution in [-0.2, 0) is 11.3 Å². The molecular weight excluding hydrogens is 352 g/mol. The van der Waals surface area contributed by atoms with Crippen LogP contribution in [0.5, 0.6) is 0 Å². The number of aromatic nitrogens is 3. The molecule has 7 heteroatoms. The Morgan fingerprint density at radius 2 is 2.00 bits per heavy atom. The molecule has 2 heterocycles. The van der Waals surface area contributed by atoms with E-state index >= 15 is 0 Å². The Kier molecular flexibility index (Phi) is 4.28. The molecule has 134 valence electrons. The van der Waals surface area contributed by atoms with Crippen LogP contribution in [0, 0.1) is 0 Å². The number of rotatable bonds is 5. The molecule has 1 N–H and O–H groups in total. The van der Waals surface area contributed by atoms with Gasteiger partial charge in [0.05, 0.1) is 6.04 Å². The summed E-state index contributed by atoms with van der Waals surface area (Å²) in [6.45, 7) is 1.77. The first-order chi connectivity index (χ1) is 12.5. The number of carbonyl (C=O) groups excluding carboxylic acids is 1. The molecule has 0 bridgehead atoms. The van der Waals surface area contributed by atoms with E-state index in [1.165, 1.54) is 21.9 Å². The standard InChI is InChI=1S/C19H19ClN4O2/c1-12(13-4-7-16(20)8-5-13)21-18(25)11-24-19(26)23-10-15(14-2-3-14)6-9-17(23)22-24/h4-10,12,14H,2-3,11H2,1H3,(H,21,25)/t12-/m0/s1. The Morgan fingerprint density at radius 3 is 2.69 bits per heavy atom. The molecular formula is C19H19ClN4O2. The fourth-order valence-corrected chi connectivity index (χ4v) is 3.18. The van der Waals surface area contributed by atoms with E-state index in [1.807, 2.05) is 37.4 Å². The van der Waals surface area contributed by atoms with Crippen LogP contribution in [-0.4, -0.2) is 20.1 Å². The minimum absolute atomic E-state index is 0.114. The van der Waals surface area contributed by atoms with Gasteiger partial charge in [-0.15, -0.1) is 5.10 Å². The van der Waals surface area contributed by atoms with Gasteiger partial charge in [-0.3, -0.25) is 4.79 Å². The van der Waals surface area contributed by atoms with Crippen molar-refractivity contribution in [3.05, 3.63) is 69.2 Å². The topological polar surface area (TPSA) is 68.4 Å². The van der Waals surface area contributed by atoms with Gasteiger partial charge < -0.3 is 5.32 Å². The predicted octanol–water partition coefficient (Wildman–Crippen LogP) is 2.90. The van der Waals surface area contributed by atoms with Crippen molar-refractivity contribution in [3.63, 3.8) is 0 Å². The molecule has 3 aromatic rings. The van der Waals surface area contributed by atoms with Gasteiger partial charge in [0.25, 0.3) is 0 Å². The summed E-state index contributed by atoms with van der Waals surface area (Å²) in [4.78, 5) is 24.9. The van der Waals surface area contributed by atoms with E-state index in [0.29, 0.717) is 16.6 Å². The van der Waals surface area contributed by atoms with Crippen LogP contribution < -0.4 is 11.0 Å². The van der Waals surface area contributed by atoms with Crippen LogP contribution >= 0.6 is 11.6 Å². The molecule has 0 saturated heterocycles. The second-order valence-electron chi connectivity index (χ2n) is 6.75. The monoisotopic (exact) mass is 370 g/mol. The normalized spacial score (nSPS) is 15.2. The summed E-state index contributed by atoms with van der Waals surface area (Å²) in [7, 11) is 0. The average Bonchev–Trinajstić information content (AvgIpc) is 3.42. The van der Waals surface area contributed by atoms with Crippen LogP contribution in [0.4, 0.5) is 0 Å². The van der Waals surface area contributed by atoms with Crippen molar-refractivity contribution in [2.75, 3.05) is 0 Å². The fraction of sp³-hybridized carbons (Fsp3) is 0.316. The Labute approximate surface area is 155 Å². The molecule has 0 radical (unpaired) electrons. The van der Waals surface area contributed by atoms with Crippen molar-refractivity contribution in [1.82, 2.24) is 19.5 Å². The van der Waals surface area contributed by atoms with Gasteiger partial charge in [0.2, 0.25) is 5.91 Å². The molecule has 0 spiro atoms. The van der Waals surface area contributed by atoms with Crippen molar-refractivity contribution in [2.24, 2.45) is 0 Å². The number of carbonyl (C=O) groups is 1. The lowest BCUT2D eigenvalue weighted by atomic mass is 10.1. The van der Waals surface area contributed by atoms with Crippen molar-refractivity contribution < 1.29 is 4.79 Å². The molecule has 26 heavy (non-hydrogen) atoms. The summed E-state index contributed by atoms with van der Waals surface area (Å²) < 4.78 is 2.72. The van der Waals surface area contributed by atoms with Crippen molar-refractivity contribution >= 4 is 23.2 Å². The summed E-state index contributed by atoms with van der Waals surface area (Å²) in [5, 5.41) is 7.79. The quantitative estimate of drug-likeness (QED) is 0.750. The predicted molar refractivity (Wildman–Crippen MR) is 99.4 cm³/mol. The van der Waals surface area contributed by atoms with Crippen LogP contribution in [0.25, 0.3) is 5.65 Å². The Morgan fingerprint density at radius 1 is 1.27 bits per heavy atom. The summed E-state index contributed by atoms with van der Waals surface area (Å²) in [6, 6.07) is 10.9. The molecule has 1 amide bonds. The van der Waals surface area contributed by atoms with Gasteiger partial charge in [-0.05, 0) is 55.0 Å². The first kappa shape index (κ1) is 16.8. The first-order valence-corrected chi connectivity index (χ1v) is 9.03. The van der Waals surface area contributed by atoms with Gasteiger partial charge >= 0.3 is 5.69 Å². The maximum atomic E-state index is 12.5. The highest BCUT2D eigenvalue weighted by molar-refractivity contribution is 6.30. The summed E-state index contributed by atoms with van der Waals surface area (Å²) in [6.07, 6.45) is 4.17. The molecule has 0 unspecified atom stereocenters. The second kappa shape index (κ2) is 6.61. The van der Waals surface area contributed by atoms with Gasteiger partial charge in [0.1, 0.15) is 6.54 Å². The molecule has 1 aliphatic carbocycles. The molecule has 2 aromatic heterocycles. The highest BCUT2D eigenvalue weighted by Crippen LogP contribution is 2.39. The smallest absolute Gasteiger partial charge is 0.348 e. The number of hydrogen-bond donors (Lipinski definition) is 1. The molecule has 1 atom stereocenters. The molecule has 1 fully saturated rings. The summed E-state index contributed by atoms with van der Waals surface area (Å²) in [5.41, 5.74) is 2.36. The van der Waals surface area contributed by atoms with E-state index < -0.39 is 0 Å². The number of nitrogens with zero attached hydrogens (tertiary/aromatic N) is 3. The molecule has 0 aliphatic heterocycles. The van der Waals surface area contributed by atoms with Crippen LogP contribution in [0.3, 0.4) is 0 Å². The van der Waals surface area contributed by atoms with E-state index in [2.05, 4.69) is 10.4 Å². The van der Waals surface area contributed by atoms with Crippen LogP contribution in [0.1, 0.15) is 42.9 Å². The summed E-state index contributed by atoms with van der Waals surface area (Å²) in [5.74, 6) is 0.290. The molecule has 4 rings (SSSR count). The third kappa shape index (κ3) is 3.37. The molecule has 6 nitrogen and oxygen atoms in total. The lowest BCUT2D eigenvalue weighted by molar-refractivity contribution is -0.122. The minimum atomic E-state index is -0.295. The van der Waals surface area contributed by atoms with E-state index in [1.54, 1.807) is 12.1 Å². The average molecular weight is 371 g/mol. The number of halogens is 1. The first-order valence-electron chi connectivity index (χ1n) is 8.65. The van der Waals surface area contributed by atoms with Gasteiger partial charge in [-0.2, -0.15) is 0 Å². The zero-order valence-electron chi connectivity index (χ0n) is 14.4. The van der Waals surface area contributed by atoms with Crippen LogP contribution in [0.2, 0.25) is 5.02 Å². The van der Waals surface area contributed by atoms with E-state index in [4.69, 9.17) is 11.6 Å². The number of nitrogens with one attached hydrogen (secondary N) is 1. The third-order valence-corrected chi connectivity index (χ3v) is 4.94. The van der Waals surface area contributed by atoms with Gasteiger partial charge in [-0.25, -0.2) is 13.9 Å². The highest BCUT2D eigenvalue weighted by atomic mass is 35.5. The van der Waals surface area contributed by atoms with Crippen molar-refractivity contribution in [2.45, 2.75) is 38.3 Å². The SMILES string of the molecule is C[C@H](NC(=O)Cn1nc2ccc(C3CC3)cn2c1=O)c1ccc(Cl)cc1. The summed E-state index contributed by atoms with van der Waals surface area (Å²) >= 11 is 5.88.